The van der Waals surface area contributed by atoms with Crippen LogP contribution >= 0.6 is 24.2 Å². The highest BCUT2D eigenvalue weighted by molar-refractivity contribution is 7.80. The van der Waals surface area contributed by atoms with Gasteiger partial charge in [-0.25, -0.2) is 4.98 Å². The molecule has 2 aromatic rings. The average molecular weight is 297 g/mol. The van der Waals surface area contributed by atoms with Crippen LogP contribution in [0.1, 0.15) is 24.0 Å². The van der Waals surface area contributed by atoms with E-state index in [1.807, 2.05) is 35.8 Å². The maximum absolute atomic E-state index is 9.40. The van der Waals surface area contributed by atoms with Gasteiger partial charge in [-0.15, -0.1) is 0 Å². The van der Waals surface area contributed by atoms with E-state index < -0.39 is 0 Å². The molecule has 1 N–H and O–H groups in total. The number of imidazole rings is 1. The van der Waals surface area contributed by atoms with Crippen LogP contribution in [0.2, 0.25) is 5.02 Å². The first kappa shape index (κ1) is 14.4. The third-order valence-electron chi connectivity index (χ3n) is 2.95. The number of aliphatic hydroxyl groups is 1. The monoisotopic (exact) mass is 296 g/mol. The van der Waals surface area contributed by atoms with E-state index in [0.29, 0.717) is 6.54 Å². The Morgan fingerprint density at radius 1 is 1.42 bits per heavy atom. The van der Waals surface area contributed by atoms with Crippen LogP contribution in [-0.2, 0) is 19.6 Å². The minimum atomic E-state index is -0.0294. The van der Waals surface area contributed by atoms with Crippen LogP contribution in [0.15, 0.2) is 30.5 Å². The molecule has 0 fully saturated rings. The lowest BCUT2D eigenvalue weighted by Crippen LogP contribution is -2.12. The molecule has 1 atom stereocenters. The third kappa shape index (κ3) is 3.53. The van der Waals surface area contributed by atoms with Gasteiger partial charge in [-0.3, -0.25) is 0 Å². The number of aromatic nitrogens is 2. The van der Waals surface area contributed by atoms with E-state index in [1.54, 1.807) is 6.20 Å². The topological polar surface area (TPSA) is 38.1 Å². The molecule has 1 aromatic heterocycles. The minimum absolute atomic E-state index is 0.0294. The van der Waals surface area contributed by atoms with Crippen molar-refractivity contribution in [1.82, 2.24) is 9.55 Å². The van der Waals surface area contributed by atoms with E-state index in [1.165, 1.54) is 0 Å². The van der Waals surface area contributed by atoms with Crippen molar-refractivity contribution in [2.45, 2.75) is 31.7 Å². The smallest absolute Gasteiger partial charge is 0.110 e. The van der Waals surface area contributed by atoms with Gasteiger partial charge in [0.2, 0.25) is 0 Å². The lowest BCUT2D eigenvalue weighted by atomic mass is 10.2. The van der Waals surface area contributed by atoms with Crippen molar-refractivity contribution >= 4 is 24.2 Å². The maximum atomic E-state index is 9.40. The summed E-state index contributed by atoms with van der Waals surface area (Å²) >= 11 is 10.6. The zero-order valence-corrected chi connectivity index (χ0v) is 12.4. The van der Waals surface area contributed by atoms with E-state index in [-0.39, 0.29) is 11.9 Å². The summed E-state index contributed by atoms with van der Waals surface area (Å²) in [6.45, 7) is 2.61. The van der Waals surface area contributed by atoms with Gasteiger partial charge in [-0.05, 0) is 11.6 Å². The predicted octanol–water partition coefficient (Wildman–Crippen LogP) is 2.94. The molecule has 2 rings (SSSR count). The van der Waals surface area contributed by atoms with Gasteiger partial charge in [0, 0.05) is 16.7 Å². The summed E-state index contributed by atoms with van der Waals surface area (Å²) in [6.07, 6.45) is 2.47. The highest BCUT2D eigenvalue weighted by Crippen LogP contribution is 2.19. The van der Waals surface area contributed by atoms with Crippen LogP contribution in [0.25, 0.3) is 0 Å². The molecule has 1 aromatic carbocycles. The van der Waals surface area contributed by atoms with Crippen molar-refractivity contribution in [1.29, 1.82) is 0 Å². The Hall–Kier alpha value is -0.970. The van der Waals surface area contributed by atoms with Crippen molar-refractivity contribution in [3.63, 3.8) is 0 Å². The first-order valence-corrected chi connectivity index (χ1v) is 7.07. The quantitative estimate of drug-likeness (QED) is 0.833. The molecule has 0 amide bonds. The van der Waals surface area contributed by atoms with E-state index in [4.69, 9.17) is 11.6 Å². The zero-order chi connectivity index (χ0) is 13.8. The predicted molar refractivity (Wildman–Crippen MR) is 80.9 cm³/mol. The molecule has 0 saturated heterocycles. The van der Waals surface area contributed by atoms with Crippen LogP contribution in [0.3, 0.4) is 0 Å². The second kappa shape index (κ2) is 6.46. The molecule has 0 bridgehead atoms. The minimum Gasteiger partial charge on any atom is -0.390 e. The average Bonchev–Trinajstić information content (AvgIpc) is 2.74. The lowest BCUT2D eigenvalue weighted by molar-refractivity contribution is 0.271. The molecule has 3 nitrogen and oxygen atoms in total. The number of hydrogen-bond acceptors (Lipinski definition) is 3. The van der Waals surface area contributed by atoms with Crippen molar-refractivity contribution in [3.8, 4) is 0 Å². The summed E-state index contributed by atoms with van der Waals surface area (Å²) in [5.74, 6) is 0.923. The molecule has 1 heterocycles. The normalized spacial score (nSPS) is 12.6. The molecule has 0 saturated carbocycles. The molecule has 0 aliphatic heterocycles. The van der Waals surface area contributed by atoms with Gasteiger partial charge in [0.05, 0.1) is 25.0 Å². The summed E-state index contributed by atoms with van der Waals surface area (Å²) in [4.78, 5) is 4.36. The fourth-order valence-corrected chi connectivity index (χ4v) is 2.36. The van der Waals surface area contributed by atoms with Crippen LogP contribution < -0.4 is 0 Å². The van der Waals surface area contributed by atoms with Gasteiger partial charge >= 0.3 is 0 Å². The van der Waals surface area contributed by atoms with E-state index in [9.17, 15) is 5.11 Å². The lowest BCUT2D eigenvalue weighted by Gasteiger charge is -2.13. The van der Waals surface area contributed by atoms with Gasteiger partial charge in [-0.1, -0.05) is 36.7 Å². The Bertz CT molecular complexity index is 554. The number of nitrogens with zero attached hydrogens (tertiary/aromatic N) is 2. The Kier molecular flexibility index (Phi) is 4.91. The van der Waals surface area contributed by atoms with Gasteiger partial charge in [0.15, 0.2) is 0 Å². The van der Waals surface area contributed by atoms with Gasteiger partial charge in [-0.2, -0.15) is 12.6 Å². The van der Waals surface area contributed by atoms with Gasteiger partial charge in [0.25, 0.3) is 0 Å². The van der Waals surface area contributed by atoms with Gasteiger partial charge < -0.3 is 9.67 Å². The van der Waals surface area contributed by atoms with Crippen LogP contribution in [0, 0.1) is 0 Å². The Morgan fingerprint density at radius 2 is 2.16 bits per heavy atom. The first-order chi connectivity index (χ1) is 9.11. The van der Waals surface area contributed by atoms with Gasteiger partial charge in [0.1, 0.15) is 5.82 Å². The maximum Gasteiger partial charge on any atom is 0.110 e. The molecular formula is C14H17ClN2OS. The number of aliphatic hydroxyl groups excluding tert-OH is 1. The van der Waals surface area contributed by atoms with Crippen LogP contribution in [0.4, 0.5) is 0 Å². The SMILES string of the molecule is CC(S)Cc1ncc(CO)n1Cc1ccccc1Cl. The first-order valence-electron chi connectivity index (χ1n) is 6.17. The Morgan fingerprint density at radius 3 is 2.79 bits per heavy atom. The molecule has 102 valence electrons. The van der Waals surface area contributed by atoms with E-state index in [0.717, 1.165) is 28.5 Å². The van der Waals surface area contributed by atoms with Crippen molar-refractivity contribution in [2.75, 3.05) is 0 Å². The molecule has 19 heavy (non-hydrogen) atoms. The molecule has 5 heteroatoms. The molecule has 1 unspecified atom stereocenters. The molecule has 0 aliphatic carbocycles. The van der Waals surface area contributed by atoms with Crippen molar-refractivity contribution < 1.29 is 5.11 Å². The highest BCUT2D eigenvalue weighted by atomic mass is 35.5. The van der Waals surface area contributed by atoms with Crippen LogP contribution in [0.5, 0.6) is 0 Å². The number of benzene rings is 1. The van der Waals surface area contributed by atoms with E-state index in [2.05, 4.69) is 17.6 Å². The molecule has 0 radical (unpaired) electrons. The summed E-state index contributed by atoms with van der Waals surface area (Å²) in [6, 6.07) is 7.71. The zero-order valence-electron chi connectivity index (χ0n) is 10.8. The summed E-state index contributed by atoms with van der Waals surface area (Å²) in [5.41, 5.74) is 1.81. The summed E-state index contributed by atoms with van der Waals surface area (Å²) < 4.78 is 2.01. The Balaban J connectivity index is 2.32. The molecular weight excluding hydrogens is 280 g/mol. The van der Waals surface area contributed by atoms with Crippen molar-refractivity contribution in [2.24, 2.45) is 0 Å². The standard InChI is InChI=1S/C14H17ClN2OS/c1-10(19)6-14-16-7-12(9-18)17(14)8-11-4-2-3-5-13(11)15/h2-5,7,10,18-19H,6,8-9H2,1H3. The summed E-state index contributed by atoms with van der Waals surface area (Å²) in [5, 5.41) is 10.3. The highest BCUT2D eigenvalue weighted by Gasteiger charge is 2.12. The fourth-order valence-electron chi connectivity index (χ4n) is 2.00. The number of thiol groups is 1. The third-order valence-corrected chi connectivity index (χ3v) is 3.50. The summed E-state index contributed by atoms with van der Waals surface area (Å²) in [7, 11) is 0. The second-order valence-electron chi connectivity index (χ2n) is 4.55. The number of hydrogen-bond donors (Lipinski definition) is 2. The fraction of sp³-hybridized carbons (Fsp3) is 0.357. The second-order valence-corrected chi connectivity index (χ2v) is 5.84. The number of halogens is 1. The molecule has 0 spiro atoms. The molecule has 0 aliphatic rings. The van der Waals surface area contributed by atoms with Crippen molar-refractivity contribution in [3.05, 3.63) is 52.6 Å². The van der Waals surface area contributed by atoms with Crippen LogP contribution in [-0.4, -0.2) is 19.9 Å². The largest absolute Gasteiger partial charge is 0.390 e. The van der Waals surface area contributed by atoms with E-state index >= 15 is 0 Å². The Labute approximate surface area is 123 Å². The number of rotatable bonds is 5.